The fraction of sp³-hybridized carbons (Fsp3) is 0.438. The van der Waals surface area contributed by atoms with E-state index in [1.165, 1.54) is 5.57 Å². The zero-order valence-electron chi connectivity index (χ0n) is 11.8. The van der Waals surface area contributed by atoms with Gasteiger partial charge in [0.05, 0.1) is 0 Å². The van der Waals surface area contributed by atoms with Crippen molar-refractivity contribution in [1.82, 2.24) is 0 Å². The van der Waals surface area contributed by atoms with Crippen LogP contribution in [0.25, 0.3) is 0 Å². The molecule has 0 fully saturated rings. The van der Waals surface area contributed by atoms with Crippen molar-refractivity contribution in [3.63, 3.8) is 0 Å². The summed E-state index contributed by atoms with van der Waals surface area (Å²) < 4.78 is -0.0540. The molecular formula is C16H21ClOS. The summed E-state index contributed by atoms with van der Waals surface area (Å²) in [6.45, 7) is 6.35. The lowest BCUT2D eigenvalue weighted by molar-refractivity contribution is -0.108. The zero-order chi connectivity index (χ0) is 14.3. The Balaban J connectivity index is 2.72. The SMILES string of the molecule is CC(C)=CCC[C@](C)(CC=O)Sc1ccc(Cl)cc1. The van der Waals surface area contributed by atoms with Gasteiger partial charge in [0.15, 0.2) is 0 Å². The smallest absolute Gasteiger partial charge is 0.121 e. The Labute approximate surface area is 125 Å². The summed E-state index contributed by atoms with van der Waals surface area (Å²) in [5.41, 5.74) is 1.32. The highest BCUT2D eigenvalue weighted by molar-refractivity contribution is 8.00. The maximum Gasteiger partial charge on any atom is 0.121 e. The van der Waals surface area contributed by atoms with Gasteiger partial charge >= 0.3 is 0 Å². The van der Waals surface area contributed by atoms with Crippen molar-refractivity contribution < 1.29 is 4.79 Å². The number of rotatable bonds is 7. The van der Waals surface area contributed by atoms with Crippen molar-refractivity contribution in [3.8, 4) is 0 Å². The van der Waals surface area contributed by atoms with E-state index in [1.807, 2.05) is 24.3 Å². The number of halogens is 1. The molecule has 0 N–H and O–H groups in total. The first kappa shape index (κ1) is 16.3. The molecule has 0 saturated carbocycles. The predicted molar refractivity (Wildman–Crippen MR) is 85.1 cm³/mol. The van der Waals surface area contributed by atoms with Crippen LogP contribution >= 0.6 is 23.4 Å². The van der Waals surface area contributed by atoms with Crippen molar-refractivity contribution in [3.05, 3.63) is 40.9 Å². The molecule has 1 atom stereocenters. The summed E-state index contributed by atoms with van der Waals surface area (Å²) in [7, 11) is 0. The van der Waals surface area contributed by atoms with Crippen LogP contribution < -0.4 is 0 Å². The number of carbonyl (C=O) groups excluding carboxylic acids is 1. The van der Waals surface area contributed by atoms with E-state index in [0.717, 1.165) is 29.0 Å². The summed E-state index contributed by atoms with van der Waals surface area (Å²) in [6.07, 6.45) is 5.81. The molecule has 1 aromatic carbocycles. The highest BCUT2D eigenvalue weighted by Crippen LogP contribution is 2.39. The normalized spacial score (nSPS) is 13.7. The minimum atomic E-state index is -0.0540. The standard InChI is InChI=1S/C16H21ClOS/c1-13(2)5-4-10-16(3,11-12-18)19-15-8-6-14(17)7-9-15/h5-9,12H,4,10-11H2,1-3H3/t16-/m1/s1. The second-order valence-corrected chi connectivity index (χ2v) is 7.29. The lowest BCUT2D eigenvalue weighted by Crippen LogP contribution is -2.20. The van der Waals surface area contributed by atoms with Gasteiger partial charge in [-0.3, -0.25) is 0 Å². The molecule has 0 aliphatic heterocycles. The van der Waals surface area contributed by atoms with E-state index in [1.54, 1.807) is 11.8 Å². The molecule has 0 aromatic heterocycles. The number of hydrogen-bond donors (Lipinski definition) is 0. The fourth-order valence-corrected chi connectivity index (χ4v) is 3.16. The Morgan fingerprint density at radius 2 is 1.95 bits per heavy atom. The summed E-state index contributed by atoms with van der Waals surface area (Å²) in [4.78, 5) is 12.1. The Bertz CT molecular complexity index is 435. The van der Waals surface area contributed by atoms with Gasteiger partial charge in [-0.1, -0.05) is 23.3 Å². The van der Waals surface area contributed by atoms with E-state index in [-0.39, 0.29) is 4.75 Å². The third kappa shape index (κ3) is 6.31. The maximum atomic E-state index is 10.9. The lowest BCUT2D eigenvalue weighted by Gasteiger charge is -2.26. The average molecular weight is 297 g/mol. The fourth-order valence-electron chi connectivity index (χ4n) is 1.82. The Morgan fingerprint density at radius 1 is 1.32 bits per heavy atom. The van der Waals surface area contributed by atoms with Crippen LogP contribution in [0.15, 0.2) is 40.8 Å². The Morgan fingerprint density at radius 3 is 2.47 bits per heavy atom. The quantitative estimate of drug-likeness (QED) is 0.374. The first-order chi connectivity index (χ1) is 8.95. The van der Waals surface area contributed by atoms with Crippen LogP contribution in [-0.2, 0) is 4.79 Å². The molecule has 0 spiro atoms. The summed E-state index contributed by atoms with van der Waals surface area (Å²) in [6, 6.07) is 7.80. The van der Waals surface area contributed by atoms with Crippen LogP contribution in [-0.4, -0.2) is 11.0 Å². The summed E-state index contributed by atoms with van der Waals surface area (Å²) >= 11 is 7.65. The van der Waals surface area contributed by atoms with E-state index < -0.39 is 0 Å². The molecule has 1 nitrogen and oxygen atoms in total. The molecule has 19 heavy (non-hydrogen) atoms. The van der Waals surface area contributed by atoms with Crippen LogP contribution in [0.4, 0.5) is 0 Å². The third-order valence-corrected chi connectivity index (χ3v) is 4.54. The van der Waals surface area contributed by atoms with Gasteiger partial charge in [-0.25, -0.2) is 0 Å². The second kappa shape index (κ2) is 7.76. The van der Waals surface area contributed by atoms with Gasteiger partial charge in [-0.15, -0.1) is 11.8 Å². The van der Waals surface area contributed by atoms with Gasteiger partial charge < -0.3 is 4.79 Å². The molecule has 3 heteroatoms. The highest BCUT2D eigenvalue weighted by Gasteiger charge is 2.24. The van der Waals surface area contributed by atoms with E-state index in [9.17, 15) is 4.79 Å². The molecule has 1 aromatic rings. The largest absolute Gasteiger partial charge is 0.303 e. The molecule has 0 unspecified atom stereocenters. The summed E-state index contributed by atoms with van der Waals surface area (Å²) in [5.74, 6) is 0. The zero-order valence-corrected chi connectivity index (χ0v) is 13.4. The van der Waals surface area contributed by atoms with Crippen molar-refractivity contribution >= 4 is 29.6 Å². The van der Waals surface area contributed by atoms with Crippen LogP contribution in [0, 0.1) is 0 Å². The van der Waals surface area contributed by atoms with E-state index in [0.29, 0.717) is 6.42 Å². The molecule has 1 rings (SSSR count). The number of aldehydes is 1. The van der Waals surface area contributed by atoms with Crippen LogP contribution in [0.1, 0.15) is 40.0 Å². The van der Waals surface area contributed by atoms with Crippen molar-refractivity contribution in [2.45, 2.75) is 49.7 Å². The molecular weight excluding hydrogens is 276 g/mol. The number of hydrogen-bond acceptors (Lipinski definition) is 2. The van der Waals surface area contributed by atoms with Crippen molar-refractivity contribution in [2.75, 3.05) is 0 Å². The van der Waals surface area contributed by atoms with Crippen LogP contribution in [0.2, 0.25) is 5.02 Å². The average Bonchev–Trinajstić information content (AvgIpc) is 2.32. The van der Waals surface area contributed by atoms with Gasteiger partial charge in [-0.05, 0) is 57.9 Å². The van der Waals surface area contributed by atoms with Gasteiger partial charge in [0.1, 0.15) is 6.29 Å². The van der Waals surface area contributed by atoms with Gasteiger partial charge in [0.2, 0.25) is 0 Å². The number of benzene rings is 1. The van der Waals surface area contributed by atoms with E-state index in [2.05, 4.69) is 26.8 Å². The van der Waals surface area contributed by atoms with Crippen molar-refractivity contribution in [1.29, 1.82) is 0 Å². The van der Waals surface area contributed by atoms with E-state index >= 15 is 0 Å². The van der Waals surface area contributed by atoms with E-state index in [4.69, 9.17) is 11.6 Å². The summed E-state index contributed by atoms with van der Waals surface area (Å²) in [5, 5.41) is 0.742. The molecule has 0 heterocycles. The lowest BCUT2D eigenvalue weighted by atomic mass is 10.0. The molecule has 0 radical (unpaired) electrons. The van der Waals surface area contributed by atoms with Crippen LogP contribution in [0.3, 0.4) is 0 Å². The first-order valence-corrected chi connectivity index (χ1v) is 7.66. The minimum absolute atomic E-state index is 0.0540. The molecule has 0 saturated heterocycles. The van der Waals surface area contributed by atoms with Gasteiger partial charge in [-0.2, -0.15) is 0 Å². The second-order valence-electron chi connectivity index (χ2n) is 5.20. The predicted octanol–water partition coefficient (Wildman–Crippen LogP) is 5.53. The Hall–Kier alpha value is -0.730. The molecule has 0 amide bonds. The highest BCUT2D eigenvalue weighted by atomic mass is 35.5. The molecule has 104 valence electrons. The third-order valence-electron chi connectivity index (χ3n) is 2.92. The Kier molecular flexibility index (Phi) is 6.67. The van der Waals surface area contributed by atoms with Gasteiger partial charge in [0.25, 0.3) is 0 Å². The topological polar surface area (TPSA) is 17.1 Å². The number of carbonyl (C=O) groups is 1. The minimum Gasteiger partial charge on any atom is -0.303 e. The number of allylic oxidation sites excluding steroid dienone is 2. The molecule has 0 bridgehead atoms. The maximum absolute atomic E-state index is 10.9. The van der Waals surface area contributed by atoms with Crippen LogP contribution in [0.5, 0.6) is 0 Å². The molecule has 0 aliphatic carbocycles. The monoisotopic (exact) mass is 296 g/mol. The van der Waals surface area contributed by atoms with Gasteiger partial charge in [0, 0.05) is 21.1 Å². The number of thioether (sulfide) groups is 1. The first-order valence-electron chi connectivity index (χ1n) is 6.47. The molecule has 0 aliphatic rings. The van der Waals surface area contributed by atoms with Crippen molar-refractivity contribution in [2.24, 2.45) is 0 Å².